The highest BCUT2D eigenvalue weighted by molar-refractivity contribution is 6.30. The molecule has 2 aliphatic rings. The number of rotatable bonds is 8. The van der Waals surface area contributed by atoms with Gasteiger partial charge in [-0.15, -0.1) is 0 Å². The number of piperidine rings is 1. The lowest BCUT2D eigenvalue weighted by Crippen LogP contribution is -2.46. The van der Waals surface area contributed by atoms with Crippen molar-refractivity contribution in [3.05, 3.63) is 70.2 Å². The van der Waals surface area contributed by atoms with Gasteiger partial charge in [0, 0.05) is 50.7 Å². The van der Waals surface area contributed by atoms with Gasteiger partial charge in [0.15, 0.2) is 11.6 Å². The lowest BCUT2D eigenvalue weighted by molar-refractivity contribution is -0.133. The standard InChI is InChI=1S/C27H32ClF2N3O2/c1-31(18-19-4-7-21(28)8-5-19)27(35)23(20-6-9-24(29)25(30)17-20)12-16-32-14-10-22(11-15-32)33-13-2-3-26(33)34/h4-9,17,22-23H,2-3,10-16,18H2,1H3. The molecule has 0 bridgehead atoms. The average molecular weight is 504 g/mol. The number of hydrogen-bond acceptors (Lipinski definition) is 3. The van der Waals surface area contributed by atoms with E-state index in [1.807, 2.05) is 17.0 Å². The first-order chi connectivity index (χ1) is 16.8. The Kier molecular flexibility index (Phi) is 8.39. The molecule has 8 heteroatoms. The van der Waals surface area contributed by atoms with Gasteiger partial charge >= 0.3 is 0 Å². The fraction of sp³-hybridized carbons (Fsp3) is 0.481. The molecule has 2 aliphatic heterocycles. The molecule has 0 spiro atoms. The summed E-state index contributed by atoms with van der Waals surface area (Å²) in [6.07, 6.45) is 3.95. The van der Waals surface area contributed by atoms with Crippen LogP contribution in [0.1, 0.15) is 49.1 Å². The second kappa shape index (κ2) is 11.5. The number of likely N-dealkylation sites (N-methyl/N-ethyl adjacent to an activating group) is 1. The van der Waals surface area contributed by atoms with Crippen LogP contribution >= 0.6 is 11.6 Å². The lowest BCUT2D eigenvalue weighted by atomic mass is 9.93. The summed E-state index contributed by atoms with van der Waals surface area (Å²) in [6.45, 7) is 3.63. The maximum atomic E-state index is 14.1. The van der Waals surface area contributed by atoms with Crippen molar-refractivity contribution >= 4 is 23.4 Å². The highest BCUT2D eigenvalue weighted by Gasteiger charge is 2.31. The second-order valence-electron chi connectivity index (χ2n) is 9.60. The molecular weight excluding hydrogens is 472 g/mol. The Morgan fingerprint density at radius 2 is 1.80 bits per heavy atom. The predicted molar refractivity (Wildman–Crippen MR) is 132 cm³/mol. The molecular formula is C27H32ClF2N3O2. The van der Waals surface area contributed by atoms with Crippen molar-refractivity contribution in [2.75, 3.05) is 33.2 Å². The van der Waals surface area contributed by atoms with Gasteiger partial charge in [-0.1, -0.05) is 29.8 Å². The number of carbonyl (C=O) groups excluding carboxylic acids is 2. The molecule has 1 atom stereocenters. The van der Waals surface area contributed by atoms with Gasteiger partial charge in [0.2, 0.25) is 11.8 Å². The van der Waals surface area contributed by atoms with Gasteiger partial charge in [0.05, 0.1) is 5.92 Å². The minimum absolute atomic E-state index is 0.136. The van der Waals surface area contributed by atoms with Crippen molar-refractivity contribution in [3.8, 4) is 0 Å². The second-order valence-corrected chi connectivity index (χ2v) is 10.0. The molecule has 5 nitrogen and oxygen atoms in total. The first-order valence-electron chi connectivity index (χ1n) is 12.3. The van der Waals surface area contributed by atoms with E-state index in [0.717, 1.165) is 56.6 Å². The van der Waals surface area contributed by atoms with Crippen LogP contribution in [0.4, 0.5) is 8.78 Å². The summed E-state index contributed by atoms with van der Waals surface area (Å²) in [4.78, 5) is 31.5. The molecule has 0 aromatic heterocycles. The normalized spacial score (nSPS) is 18.2. The van der Waals surface area contributed by atoms with Crippen LogP contribution in [0.15, 0.2) is 42.5 Å². The number of nitrogens with zero attached hydrogens (tertiary/aromatic N) is 3. The fourth-order valence-corrected chi connectivity index (χ4v) is 5.32. The third-order valence-electron chi connectivity index (χ3n) is 7.20. The molecule has 2 amide bonds. The van der Waals surface area contributed by atoms with E-state index in [1.165, 1.54) is 6.07 Å². The van der Waals surface area contributed by atoms with Crippen LogP contribution in [-0.2, 0) is 16.1 Å². The van der Waals surface area contributed by atoms with Gasteiger partial charge in [0.25, 0.3) is 0 Å². The summed E-state index contributed by atoms with van der Waals surface area (Å²) >= 11 is 5.97. The number of likely N-dealkylation sites (tertiary alicyclic amines) is 2. The van der Waals surface area contributed by atoms with Gasteiger partial charge in [0.1, 0.15) is 0 Å². The minimum Gasteiger partial charge on any atom is -0.341 e. The van der Waals surface area contributed by atoms with Gasteiger partial charge < -0.3 is 14.7 Å². The zero-order valence-corrected chi connectivity index (χ0v) is 20.8. The molecule has 2 aromatic rings. The van der Waals surface area contributed by atoms with Crippen molar-refractivity contribution in [3.63, 3.8) is 0 Å². The van der Waals surface area contributed by atoms with Crippen molar-refractivity contribution < 1.29 is 18.4 Å². The number of benzene rings is 2. The summed E-state index contributed by atoms with van der Waals surface area (Å²) in [5.74, 6) is -2.33. The first-order valence-corrected chi connectivity index (χ1v) is 12.7. The molecule has 35 heavy (non-hydrogen) atoms. The van der Waals surface area contributed by atoms with Gasteiger partial charge in [-0.3, -0.25) is 9.59 Å². The smallest absolute Gasteiger partial charge is 0.230 e. The topological polar surface area (TPSA) is 43.9 Å². The van der Waals surface area contributed by atoms with Crippen molar-refractivity contribution in [1.82, 2.24) is 14.7 Å². The molecule has 0 radical (unpaired) electrons. The zero-order valence-electron chi connectivity index (χ0n) is 20.1. The Morgan fingerprint density at radius 3 is 2.43 bits per heavy atom. The molecule has 2 saturated heterocycles. The van der Waals surface area contributed by atoms with Gasteiger partial charge in [-0.2, -0.15) is 0 Å². The Hall–Kier alpha value is -2.51. The molecule has 4 rings (SSSR count). The van der Waals surface area contributed by atoms with Crippen LogP contribution in [-0.4, -0.2) is 65.8 Å². The largest absolute Gasteiger partial charge is 0.341 e. The molecule has 2 heterocycles. The zero-order chi connectivity index (χ0) is 24.9. The number of hydrogen-bond donors (Lipinski definition) is 0. The van der Waals surface area contributed by atoms with E-state index in [-0.39, 0.29) is 11.8 Å². The summed E-state index contributed by atoms with van der Waals surface area (Å²) in [6, 6.07) is 11.3. The molecule has 1 unspecified atom stereocenters. The lowest BCUT2D eigenvalue weighted by Gasteiger charge is -2.37. The van der Waals surface area contributed by atoms with Crippen LogP contribution < -0.4 is 0 Å². The molecule has 2 aromatic carbocycles. The molecule has 2 fully saturated rings. The van der Waals surface area contributed by atoms with Crippen LogP contribution in [0.2, 0.25) is 5.02 Å². The molecule has 0 N–H and O–H groups in total. The quantitative estimate of drug-likeness (QED) is 0.518. The fourth-order valence-electron chi connectivity index (χ4n) is 5.19. The van der Waals surface area contributed by atoms with Crippen molar-refractivity contribution in [2.24, 2.45) is 0 Å². The maximum absolute atomic E-state index is 14.1. The van der Waals surface area contributed by atoms with Crippen LogP contribution in [0.5, 0.6) is 0 Å². The SMILES string of the molecule is CN(Cc1ccc(Cl)cc1)C(=O)C(CCN1CCC(N2CCCC2=O)CC1)c1ccc(F)c(F)c1. The van der Waals surface area contributed by atoms with E-state index in [0.29, 0.717) is 42.6 Å². The summed E-state index contributed by atoms with van der Waals surface area (Å²) < 4.78 is 27.6. The van der Waals surface area contributed by atoms with Crippen LogP contribution in [0.3, 0.4) is 0 Å². The minimum atomic E-state index is -0.947. The number of halogens is 3. The maximum Gasteiger partial charge on any atom is 0.230 e. The Bertz CT molecular complexity index is 1040. The summed E-state index contributed by atoms with van der Waals surface area (Å²) in [7, 11) is 1.72. The van der Waals surface area contributed by atoms with Gasteiger partial charge in [-0.25, -0.2) is 8.78 Å². The van der Waals surface area contributed by atoms with E-state index in [9.17, 15) is 18.4 Å². The third-order valence-corrected chi connectivity index (χ3v) is 7.45. The Labute approximate surface area is 210 Å². The van der Waals surface area contributed by atoms with Crippen molar-refractivity contribution in [2.45, 2.75) is 50.6 Å². The third kappa shape index (κ3) is 6.39. The molecule has 0 aliphatic carbocycles. The summed E-state index contributed by atoms with van der Waals surface area (Å²) in [5.41, 5.74) is 1.42. The first kappa shape index (κ1) is 25.6. The number of amides is 2. The van der Waals surface area contributed by atoms with Gasteiger partial charge in [-0.05, 0) is 67.6 Å². The van der Waals surface area contributed by atoms with Crippen LogP contribution in [0, 0.1) is 11.6 Å². The summed E-state index contributed by atoms with van der Waals surface area (Å²) in [5, 5.41) is 0.625. The van der Waals surface area contributed by atoms with Crippen LogP contribution in [0.25, 0.3) is 0 Å². The van der Waals surface area contributed by atoms with Crippen molar-refractivity contribution in [1.29, 1.82) is 0 Å². The van der Waals surface area contributed by atoms with E-state index < -0.39 is 17.6 Å². The Balaban J connectivity index is 1.41. The average Bonchev–Trinajstić information content (AvgIpc) is 3.28. The highest BCUT2D eigenvalue weighted by atomic mass is 35.5. The predicted octanol–water partition coefficient (Wildman–Crippen LogP) is 4.84. The van der Waals surface area contributed by atoms with E-state index in [1.54, 1.807) is 24.1 Å². The monoisotopic (exact) mass is 503 g/mol. The van der Waals surface area contributed by atoms with E-state index in [2.05, 4.69) is 4.90 Å². The molecule has 0 saturated carbocycles. The highest BCUT2D eigenvalue weighted by Crippen LogP contribution is 2.27. The Morgan fingerprint density at radius 1 is 1.09 bits per heavy atom. The van der Waals surface area contributed by atoms with E-state index >= 15 is 0 Å². The molecule has 188 valence electrons. The van der Waals surface area contributed by atoms with E-state index in [4.69, 9.17) is 11.6 Å². The number of carbonyl (C=O) groups is 2.